The lowest BCUT2D eigenvalue weighted by molar-refractivity contribution is 0.305. The maximum atomic E-state index is 5.94. The average molecular weight is 391 g/mol. The number of nitrogens with two attached hydrogens (primary N) is 1. The first-order valence-electron chi connectivity index (χ1n) is 5.47. The third-order valence-electron chi connectivity index (χ3n) is 2.46. The van der Waals surface area contributed by atoms with Crippen molar-refractivity contribution in [3.8, 4) is 5.75 Å². The molecule has 2 N–H and O–H groups in total. The zero-order valence-electron chi connectivity index (χ0n) is 9.82. The average Bonchev–Trinajstić information content (AvgIpc) is 2.72. The highest BCUT2D eigenvalue weighted by atomic mass is 79.9. The number of hydrogen-bond acceptors (Lipinski definition) is 3. The Hall–Kier alpha value is -0.360. The Morgan fingerprint density at radius 3 is 2.67 bits per heavy atom. The molecule has 2 aromatic rings. The standard InChI is InChI=1S/C13H13Br2NOS/c1-8(16)12-3-2-9(14)5-13(12)17-6-11-4-10(15)7-18-11/h2-5,7-8H,6,16H2,1H3/t8-/m1/s1. The fraction of sp³-hybridized carbons (Fsp3) is 0.231. The van der Waals surface area contributed by atoms with Crippen LogP contribution in [0, 0.1) is 0 Å². The summed E-state index contributed by atoms with van der Waals surface area (Å²) in [6, 6.07) is 7.96. The van der Waals surface area contributed by atoms with Crippen molar-refractivity contribution in [2.24, 2.45) is 5.73 Å². The minimum absolute atomic E-state index is 0.0387. The van der Waals surface area contributed by atoms with Crippen LogP contribution in [0.3, 0.4) is 0 Å². The van der Waals surface area contributed by atoms with Crippen LogP contribution in [0.2, 0.25) is 0 Å². The molecule has 96 valence electrons. The van der Waals surface area contributed by atoms with Crippen molar-refractivity contribution >= 4 is 43.2 Å². The Kier molecular flexibility index (Phi) is 4.84. The highest BCUT2D eigenvalue weighted by Gasteiger charge is 2.09. The van der Waals surface area contributed by atoms with Gasteiger partial charge in [-0.15, -0.1) is 11.3 Å². The summed E-state index contributed by atoms with van der Waals surface area (Å²) >= 11 is 8.56. The fourth-order valence-electron chi connectivity index (χ4n) is 1.59. The van der Waals surface area contributed by atoms with Crippen LogP contribution in [0.5, 0.6) is 5.75 Å². The summed E-state index contributed by atoms with van der Waals surface area (Å²) in [5, 5.41) is 2.05. The normalized spacial score (nSPS) is 12.4. The summed E-state index contributed by atoms with van der Waals surface area (Å²) in [6.07, 6.45) is 0. The van der Waals surface area contributed by atoms with Gasteiger partial charge in [-0.05, 0) is 41.1 Å². The molecule has 0 aliphatic carbocycles. The first-order chi connectivity index (χ1) is 8.56. The lowest BCUT2D eigenvalue weighted by Gasteiger charge is -2.14. The molecule has 1 atom stereocenters. The molecule has 18 heavy (non-hydrogen) atoms. The zero-order chi connectivity index (χ0) is 13.1. The van der Waals surface area contributed by atoms with Gasteiger partial charge in [-0.2, -0.15) is 0 Å². The highest BCUT2D eigenvalue weighted by molar-refractivity contribution is 9.10. The van der Waals surface area contributed by atoms with Gasteiger partial charge >= 0.3 is 0 Å². The van der Waals surface area contributed by atoms with Crippen LogP contribution in [0.25, 0.3) is 0 Å². The SMILES string of the molecule is C[C@@H](N)c1ccc(Br)cc1OCc1cc(Br)cs1. The van der Waals surface area contributed by atoms with E-state index in [9.17, 15) is 0 Å². The van der Waals surface area contributed by atoms with Crippen LogP contribution in [-0.2, 0) is 6.61 Å². The van der Waals surface area contributed by atoms with Gasteiger partial charge in [0.05, 0.1) is 0 Å². The Bertz CT molecular complexity index is 540. The van der Waals surface area contributed by atoms with E-state index in [4.69, 9.17) is 10.5 Å². The molecule has 0 spiro atoms. The van der Waals surface area contributed by atoms with Gasteiger partial charge in [-0.1, -0.05) is 22.0 Å². The van der Waals surface area contributed by atoms with E-state index >= 15 is 0 Å². The van der Waals surface area contributed by atoms with Crippen LogP contribution in [-0.4, -0.2) is 0 Å². The van der Waals surface area contributed by atoms with Crippen LogP contribution < -0.4 is 10.5 Å². The second kappa shape index (κ2) is 6.19. The van der Waals surface area contributed by atoms with E-state index in [-0.39, 0.29) is 6.04 Å². The second-order valence-corrected chi connectivity index (χ2v) is 6.82. The van der Waals surface area contributed by atoms with E-state index in [2.05, 4.69) is 37.9 Å². The van der Waals surface area contributed by atoms with E-state index in [1.165, 1.54) is 4.88 Å². The van der Waals surface area contributed by atoms with Crippen molar-refractivity contribution in [2.45, 2.75) is 19.6 Å². The van der Waals surface area contributed by atoms with Crippen LogP contribution in [0.4, 0.5) is 0 Å². The molecule has 0 saturated heterocycles. The Labute approximate surface area is 127 Å². The van der Waals surface area contributed by atoms with Gasteiger partial charge in [0.2, 0.25) is 0 Å². The maximum Gasteiger partial charge on any atom is 0.125 e. The molecule has 0 saturated carbocycles. The molecular formula is C13H13Br2NOS. The van der Waals surface area contributed by atoms with E-state index < -0.39 is 0 Å². The molecule has 2 rings (SSSR count). The van der Waals surface area contributed by atoms with Crippen molar-refractivity contribution in [3.63, 3.8) is 0 Å². The molecular weight excluding hydrogens is 378 g/mol. The number of benzene rings is 1. The van der Waals surface area contributed by atoms with Crippen molar-refractivity contribution in [1.82, 2.24) is 0 Å². The van der Waals surface area contributed by atoms with E-state index in [0.29, 0.717) is 6.61 Å². The smallest absolute Gasteiger partial charge is 0.125 e. The Morgan fingerprint density at radius 1 is 1.28 bits per heavy atom. The van der Waals surface area contributed by atoms with Crippen LogP contribution in [0.15, 0.2) is 38.6 Å². The van der Waals surface area contributed by atoms with E-state index in [1.54, 1.807) is 11.3 Å². The summed E-state index contributed by atoms with van der Waals surface area (Å²) in [4.78, 5) is 1.18. The van der Waals surface area contributed by atoms with Gasteiger partial charge in [0, 0.05) is 30.8 Å². The summed E-state index contributed by atoms with van der Waals surface area (Å²) < 4.78 is 7.94. The zero-order valence-corrected chi connectivity index (χ0v) is 13.8. The van der Waals surface area contributed by atoms with Crippen molar-refractivity contribution in [1.29, 1.82) is 0 Å². The monoisotopic (exact) mass is 389 g/mol. The number of halogens is 2. The first-order valence-corrected chi connectivity index (χ1v) is 7.93. The lowest BCUT2D eigenvalue weighted by atomic mass is 10.1. The molecule has 0 unspecified atom stereocenters. The molecule has 0 fully saturated rings. The Morgan fingerprint density at radius 2 is 2.06 bits per heavy atom. The van der Waals surface area contributed by atoms with Crippen LogP contribution >= 0.6 is 43.2 Å². The van der Waals surface area contributed by atoms with Gasteiger partial charge in [0.15, 0.2) is 0 Å². The van der Waals surface area contributed by atoms with Gasteiger partial charge in [0.1, 0.15) is 12.4 Å². The summed E-state index contributed by atoms with van der Waals surface area (Å²) in [6.45, 7) is 2.52. The number of thiophene rings is 1. The lowest BCUT2D eigenvalue weighted by Crippen LogP contribution is -2.07. The van der Waals surface area contributed by atoms with Gasteiger partial charge in [-0.25, -0.2) is 0 Å². The number of hydrogen-bond donors (Lipinski definition) is 1. The highest BCUT2D eigenvalue weighted by Crippen LogP contribution is 2.29. The van der Waals surface area contributed by atoms with Crippen molar-refractivity contribution < 1.29 is 4.74 Å². The van der Waals surface area contributed by atoms with Gasteiger partial charge < -0.3 is 10.5 Å². The molecule has 5 heteroatoms. The second-order valence-electron chi connectivity index (χ2n) is 3.99. The number of rotatable bonds is 4. The predicted molar refractivity (Wildman–Crippen MR) is 83.1 cm³/mol. The van der Waals surface area contributed by atoms with E-state index in [0.717, 1.165) is 20.3 Å². The molecule has 0 aliphatic heterocycles. The predicted octanol–water partition coefficient (Wildman–Crippen LogP) is 4.87. The summed E-state index contributed by atoms with van der Waals surface area (Å²) in [5.41, 5.74) is 6.96. The number of ether oxygens (including phenoxy) is 1. The van der Waals surface area contributed by atoms with Crippen molar-refractivity contribution in [2.75, 3.05) is 0 Å². The molecule has 0 bridgehead atoms. The van der Waals surface area contributed by atoms with Gasteiger partial charge in [-0.3, -0.25) is 0 Å². The van der Waals surface area contributed by atoms with E-state index in [1.807, 2.05) is 30.5 Å². The molecule has 1 heterocycles. The van der Waals surface area contributed by atoms with Gasteiger partial charge in [0.25, 0.3) is 0 Å². The molecule has 1 aromatic heterocycles. The molecule has 0 radical (unpaired) electrons. The Balaban J connectivity index is 2.15. The topological polar surface area (TPSA) is 35.2 Å². The summed E-state index contributed by atoms with van der Waals surface area (Å²) in [5.74, 6) is 0.837. The molecule has 0 aliphatic rings. The van der Waals surface area contributed by atoms with Crippen LogP contribution in [0.1, 0.15) is 23.4 Å². The third-order valence-corrected chi connectivity index (χ3v) is 4.62. The maximum absolute atomic E-state index is 5.94. The fourth-order valence-corrected chi connectivity index (χ4v) is 3.29. The summed E-state index contributed by atoms with van der Waals surface area (Å²) in [7, 11) is 0. The van der Waals surface area contributed by atoms with Crippen molar-refractivity contribution in [3.05, 3.63) is 49.0 Å². The largest absolute Gasteiger partial charge is 0.488 e. The minimum Gasteiger partial charge on any atom is -0.488 e. The quantitative estimate of drug-likeness (QED) is 0.807. The molecule has 1 aromatic carbocycles. The molecule has 2 nitrogen and oxygen atoms in total. The first kappa shape index (κ1) is 14.1. The molecule has 0 amide bonds. The third kappa shape index (κ3) is 3.57. The minimum atomic E-state index is -0.0387.